The molecule has 4 atom stereocenters. The summed E-state index contributed by atoms with van der Waals surface area (Å²) in [7, 11) is -1.60. The van der Waals surface area contributed by atoms with Crippen molar-refractivity contribution in [3.05, 3.63) is 11.1 Å². The Kier molecular flexibility index (Phi) is 13.3. The van der Waals surface area contributed by atoms with Crippen LogP contribution in [-0.2, 0) is 28.3 Å². The molecule has 46 heavy (non-hydrogen) atoms. The van der Waals surface area contributed by atoms with Crippen molar-refractivity contribution in [3.63, 3.8) is 0 Å². The molecule has 3 N–H and O–H groups in total. The number of carbonyl (C=O) groups excluding carboxylic acids is 5. The molecule has 2 rings (SSSR count). The first kappa shape index (κ1) is 39.1. The molecule has 3 unspecified atom stereocenters. The van der Waals surface area contributed by atoms with Crippen molar-refractivity contribution in [2.24, 2.45) is 0 Å². The van der Waals surface area contributed by atoms with Crippen LogP contribution in [0.25, 0.3) is 0 Å². The molecule has 0 spiro atoms. The van der Waals surface area contributed by atoms with E-state index in [4.69, 9.17) is 13.9 Å². The van der Waals surface area contributed by atoms with Crippen LogP contribution < -0.4 is 15.5 Å². The highest BCUT2D eigenvalue weighted by atomic mass is 32.1. The molecule has 1 aliphatic heterocycles. The number of aromatic nitrogens is 1. The highest BCUT2D eigenvalue weighted by Gasteiger charge is 2.41. The molecule has 3 amide bonds. The maximum Gasteiger partial charge on any atom is 0.410 e. The number of aliphatic hydroxyl groups is 1. The van der Waals surface area contributed by atoms with Gasteiger partial charge in [0, 0.05) is 24.9 Å². The number of Topliss-reactive ketones (excluding diaryl/α,β-unsaturated/α-hetero) is 1. The smallest absolute Gasteiger partial charge is 0.410 e. The van der Waals surface area contributed by atoms with Gasteiger partial charge in [0.1, 0.15) is 29.2 Å². The third-order valence-electron chi connectivity index (χ3n) is 7.81. The third-order valence-corrected chi connectivity index (χ3v) is 12.5. The number of piperazine rings is 1. The minimum atomic E-state index is -2.77. The fraction of sp³-hybridized carbons (Fsp3) is 0.733. The molecule has 14 nitrogen and oxygen atoms in total. The molecule has 0 radical (unpaired) electrons. The number of hydrogen-bond acceptors (Lipinski definition) is 12. The van der Waals surface area contributed by atoms with Crippen molar-refractivity contribution in [2.75, 3.05) is 31.7 Å². The first-order valence-corrected chi connectivity index (χ1v) is 19.1. The van der Waals surface area contributed by atoms with Crippen molar-refractivity contribution in [3.8, 4) is 0 Å². The fourth-order valence-electron chi connectivity index (χ4n) is 4.56. The Morgan fingerprint density at radius 2 is 1.65 bits per heavy atom. The molecule has 0 aliphatic carbocycles. The standard InChI is InChI=1S/C30H51N5O9SSi/c1-18-14-34(15-19(2)35(18)28(40)44-29(4,5)6)27-33-23(17-45-27)25(38)32-22(16-43-46(10,11)30(7,8)41)24(37)31-21(26(39)42-9)13-12-20(3)36/h17-19,21-22,41H,12-16H2,1-11H3,(H,31,37)(H,32,38)/t18?,19?,21-,22?/m0/s1. The number of anilines is 1. The van der Waals surface area contributed by atoms with E-state index in [1.54, 1.807) is 37.2 Å². The van der Waals surface area contributed by atoms with Gasteiger partial charge in [0.15, 0.2) is 5.13 Å². The zero-order valence-electron chi connectivity index (χ0n) is 28.9. The van der Waals surface area contributed by atoms with Gasteiger partial charge in [-0.1, -0.05) is 0 Å². The van der Waals surface area contributed by atoms with Gasteiger partial charge in [-0.3, -0.25) is 14.5 Å². The summed E-state index contributed by atoms with van der Waals surface area (Å²) in [6.07, 6.45) is -0.325. The Labute approximate surface area is 276 Å². The van der Waals surface area contributed by atoms with Gasteiger partial charge >= 0.3 is 12.1 Å². The summed E-state index contributed by atoms with van der Waals surface area (Å²) in [4.78, 5) is 71.8. The second-order valence-electron chi connectivity index (χ2n) is 13.7. The van der Waals surface area contributed by atoms with Crippen LogP contribution in [0.1, 0.15) is 78.7 Å². The van der Waals surface area contributed by atoms with Crippen LogP contribution in [0.4, 0.5) is 9.93 Å². The van der Waals surface area contributed by atoms with E-state index in [-0.39, 0.29) is 49.1 Å². The van der Waals surface area contributed by atoms with Gasteiger partial charge in [-0.15, -0.1) is 11.3 Å². The van der Waals surface area contributed by atoms with Gasteiger partial charge in [-0.05, 0) is 74.9 Å². The number of carbonyl (C=O) groups is 5. The lowest BCUT2D eigenvalue weighted by molar-refractivity contribution is -0.145. The van der Waals surface area contributed by atoms with Crippen molar-refractivity contribution >= 4 is 54.4 Å². The van der Waals surface area contributed by atoms with Crippen LogP contribution in [-0.4, -0.2) is 115 Å². The summed E-state index contributed by atoms with van der Waals surface area (Å²) < 4.78 is 16.4. The molecule has 1 aromatic heterocycles. The first-order valence-electron chi connectivity index (χ1n) is 15.3. The van der Waals surface area contributed by atoms with E-state index in [0.717, 1.165) is 0 Å². The van der Waals surface area contributed by atoms with E-state index >= 15 is 0 Å². The molecular weight excluding hydrogens is 635 g/mol. The highest BCUT2D eigenvalue weighted by molar-refractivity contribution is 7.14. The quantitative estimate of drug-likeness (QED) is 0.206. The van der Waals surface area contributed by atoms with E-state index in [0.29, 0.717) is 18.2 Å². The van der Waals surface area contributed by atoms with Crippen molar-refractivity contribution in [2.45, 2.75) is 116 Å². The van der Waals surface area contributed by atoms with E-state index in [1.807, 2.05) is 39.5 Å². The summed E-state index contributed by atoms with van der Waals surface area (Å²) in [6.45, 7) is 18.2. The average molecular weight is 686 g/mol. The monoisotopic (exact) mass is 685 g/mol. The fourth-order valence-corrected chi connectivity index (χ4v) is 6.32. The number of esters is 1. The summed E-state index contributed by atoms with van der Waals surface area (Å²) in [5.74, 6) is -2.25. The SMILES string of the molecule is COC(=O)[C@H](CCC(C)=O)NC(=O)C(CO[Si](C)(C)C(C)(C)O)NC(=O)c1csc(N2CC(C)N(C(=O)OC(C)(C)C)C(C)C2)n1. The number of nitrogens with zero attached hydrogens (tertiary/aromatic N) is 3. The summed E-state index contributed by atoms with van der Waals surface area (Å²) in [5, 5.41) is 16.8. The minimum absolute atomic E-state index is 0.0205. The number of amides is 3. The van der Waals surface area contributed by atoms with Gasteiger partial charge in [-0.25, -0.2) is 14.6 Å². The second-order valence-corrected chi connectivity index (χ2v) is 19.1. The predicted molar refractivity (Wildman–Crippen MR) is 176 cm³/mol. The topological polar surface area (TPSA) is 177 Å². The lowest BCUT2D eigenvalue weighted by Gasteiger charge is -2.44. The molecule has 260 valence electrons. The van der Waals surface area contributed by atoms with Crippen molar-refractivity contribution in [1.29, 1.82) is 0 Å². The minimum Gasteiger partial charge on any atom is -0.467 e. The summed E-state index contributed by atoms with van der Waals surface area (Å²) >= 11 is 1.26. The predicted octanol–water partition coefficient (Wildman–Crippen LogP) is 2.63. The largest absolute Gasteiger partial charge is 0.467 e. The van der Waals surface area contributed by atoms with E-state index < -0.39 is 49.0 Å². The lowest BCUT2D eigenvalue weighted by Crippen LogP contribution is -2.59. The molecular formula is C30H51N5O9SSi. The van der Waals surface area contributed by atoms with Gasteiger partial charge in [0.05, 0.1) is 31.0 Å². The molecule has 0 saturated carbocycles. The number of ketones is 1. The zero-order valence-corrected chi connectivity index (χ0v) is 30.7. The van der Waals surface area contributed by atoms with Gasteiger partial charge in [-0.2, -0.15) is 0 Å². The molecule has 16 heteroatoms. The average Bonchev–Trinajstić information content (AvgIpc) is 3.41. The van der Waals surface area contributed by atoms with Crippen LogP contribution in [0.15, 0.2) is 5.38 Å². The van der Waals surface area contributed by atoms with E-state index in [9.17, 15) is 29.1 Å². The first-order chi connectivity index (χ1) is 21.1. The maximum atomic E-state index is 13.4. The van der Waals surface area contributed by atoms with Gasteiger partial charge in [0.2, 0.25) is 14.2 Å². The van der Waals surface area contributed by atoms with Crippen LogP contribution >= 0.6 is 11.3 Å². The third kappa shape index (κ3) is 11.0. The van der Waals surface area contributed by atoms with Crippen molar-refractivity contribution < 1.29 is 43.0 Å². The van der Waals surface area contributed by atoms with Crippen molar-refractivity contribution in [1.82, 2.24) is 20.5 Å². The Bertz CT molecular complexity index is 1250. The highest BCUT2D eigenvalue weighted by Crippen LogP contribution is 2.27. The number of thiazole rings is 1. The van der Waals surface area contributed by atoms with Gasteiger partial charge < -0.3 is 39.3 Å². The molecule has 1 aliphatic rings. The maximum absolute atomic E-state index is 13.4. The van der Waals surface area contributed by atoms with Crippen LogP contribution in [0, 0.1) is 0 Å². The molecule has 0 bridgehead atoms. The summed E-state index contributed by atoms with van der Waals surface area (Å²) in [5.41, 5.74) is -0.542. The molecule has 2 heterocycles. The molecule has 1 saturated heterocycles. The normalized spacial score (nSPS) is 18.8. The molecule has 0 aromatic carbocycles. The Morgan fingerprint density at radius 3 is 2.15 bits per heavy atom. The number of ether oxygens (including phenoxy) is 2. The molecule has 1 fully saturated rings. The molecule has 1 aromatic rings. The van der Waals surface area contributed by atoms with Crippen LogP contribution in [0.5, 0.6) is 0 Å². The zero-order chi connectivity index (χ0) is 35.2. The number of nitrogens with one attached hydrogen (secondary N) is 2. The Balaban J connectivity index is 2.23. The van der Waals surface area contributed by atoms with Crippen LogP contribution in [0.2, 0.25) is 13.1 Å². The van der Waals surface area contributed by atoms with Crippen LogP contribution in [0.3, 0.4) is 0 Å². The number of rotatable bonds is 13. The lowest BCUT2D eigenvalue weighted by atomic mass is 10.1. The summed E-state index contributed by atoms with van der Waals surface area (Å²) in [6, 6.07) is -2.73. The number of methoxy groups -OCH3 is 1. The Hall–Kier alpha value is -3.08. The van der Waals surface area contributed by atoms with E-state index in [1.165, 1.54) is 25.4 Å². The second kappa shape index (κ2) is 15.7. The van der Waals surface area contributed by atoms with Gasteiger partial charge in [0.25, 0.3) is 5.91 Å². The van der Waals surface area contributed by atoms with E-state index in [2.05, 4.69) is 15.6 Å². The number of hydrogen-bond donors (Lipinski definition) is 3. The Morgan fingerprint density at radius 1 is 1.07 bits per heavy atom.